The number of benzene rings is 3. The van der Waals surface area contributed by atoms with Crippen molar-refractivity contribution in [3.63, 3.8) is 0 Å². The van der Waals surface area contributed by atoms with Crippen LogP contribution in [-0.4, -0.2) is 37.4 Å². The van der Waals surface area contributed by atoms with Crippen LogP contribution in [0.5, 0.6) is 11.5 Å². The SMILES string of the molecule is C[Si](C)(C)c1cc2c(c3c1CN(C(=O)C(F)(F)F)CCC31C=CC(=O)C=C1)OC(c1ccccc1)(c1ccccc1)O2. The highest BCUT2D eigenvalue weighted by Gasteiger charge is 2.52. The molecule has 3 aromatic rings. The Morgan fingerprint density at radius 1 is 0.905 bits per heavy atom. The summed E-state index contributed by atoms with van der Waals surface area (Å²) < 4.78 is 55.0. The fraction of sp³-hybridized carbons (Fsp3) is 0.273. The van der Waals surface area contributed by atoms with Crippen molar-refractivity contribution in [3.8, 4) is 11.5 Å². The minimum Gasteiger partial charge on any atom is -0.440 e. The summed E-state index contributed by atoms with van der Waals surface area (Å²) >= 11 is 0. The van der Waals surface area contributed by atoms with Gasteiger partial charge in [0, 0.05) is 35.2 Å². The Kier molecular flexibility index (Phi) is 6.49. The summed E-state index contributed by atoms with van der Waals surface area (Å²) in [5, 5.41) is 0.872. The number of halogens is 3. The van der Waals surface area contributed by atoms with Gasteiger partial charge in [-0.2, -0.15) is 13.2 Å². The lowest BCUT2D eigenvalue weighted by Crippen LogP contribution is -2.45. The molecule has 5 nitrogen and oxygen atoms in total. The molecule has 0 saturated carbocycles. The van der Waals surface area contributed by atoms with Crippen LogP contribution in [0, 0.1) is 0 Å². The summed E-state index contributed by atoms with van der Waals surface area (Å²) in [6, 6.07) is 20.9. The molecule has 0 fully saturated rings. The van der Waals surface area contributed by atoms with Crippen molar-refractivity contribution in [1.82, 2.24) is 4.90 Å². The summed E-state index contributed by atoms with van der Waals surface area (Å²) in [5.41, 5.74) is 1.77. The normalized spacial score (nSPS) is 18.6. The van der Waals surface area contributed by atoms with Gasteiger partial charge in [0.1, 0.15) is 0 Å². The number of fused-ring (bicyclic) bond motifs is 4. The summed E-state index contributed by atoms with van der Waals surface area (Å²) in [6.45, 7) is 5.94. The largest absolute Gasteiger partial charge is 0.471 e. The number of rotatable bonds is 3. The van der Waals surface area contributed by atoms with E-state index < -0.39 is 31.4 Å². The molecule has 0 saturated heterocycles. The van der Waals surface area contributed by atoms with Crippen LogP contribution in [-0.2, 0) is 27.3 Å². The van der Waals surface area contributed by atoms with Crippen LogP contribution in [0.1, 0.15) is 28.7 Å². The van der Waals surface area contributed by atoms with E-state index in [2.05, 4.69) is 19.6 Å². The Labute approximate surface area is 243 Å². The second kappa shape index (κ2) is 9.73. The van der Waals surface area contributed by atoms with Crippen molar-refractivity contribution in [2.45, 2.75) is 50.0 Å². The Hall–Kier alpha value is -4.11. The first-order chi connectivity index (χ1) is 19.8. The van der Waals surface area contributed by atoms with Crippen LogP contribution >= 0.6 is 0 Å². The maximum absolute atomic E-state index is 13.8. The van der Waals surface area contributed by atoms with Gasteiger partial charge in [0.05, 0.1) is 8.07 Å². The Morgan fingerprint density at radius 2 is 1.48 bits per heavy atom. The third-order valence-corrected chi connectivity index (χ3v) is 10.3. The lowest BCUT2D eigenvalue weighted by atomic mass is 9.73. The second-order valence-corrected chi connectivity index (χ2v) is 17.0. The number of carbonyl (C=O) groups is 2. The number of ketones is 1. The van der Waals surface area contributed by atoms with E-state index in [4.69, 9.17) is 9.47 Å². The predicted octanol–water partition coefficient (Wildman–Crippen LogP) is 6.13. The minimum absolute atomic E-state index is 0.136. The van der Waals surface area contributed by atoms with Crippen molar-refractivity contribution >= 4 is 25.0 Å². The first kappa shape index (κ1) is 28.0. The summed E-state index contributed by atoms with van der Waals surface area (Å²) in [6.07, 6.45) is 1.47. The van der Waals surface area contributed by atoms with Crippen molar-refractivity contribution < 1.29 is 32.2 Å². The zero-order valence-electron chi connectivity index (χ0n) is 23.5. The molecule has 3 aromatic carbocycles. The van der Waals surface area contributed by atoms with Gasteiger partial charge in [0.25, 0.3) is 0 Å². The number of amides is 1. The van der Waals surface area contributed by atoms with E-state index >= 15 is 0 Å². The zero-order chi connectivity index (χ0) is 29.9. The molecule has 0 aromatic heterocycles. The van der Waals surface area contributed by atoms with Crippen LogP contribution in [0.3, 0.4) is 0 Å². The highest BCUT2D eigenvalue weighted by atomic mass is 28.3. The molecule has 1 spiro atoms. The minimum atomic E-state index is -5.02. The second-order valence-electron chi connectivity index (χ2n) is 12.0. The van der Waals surface area contributed by atoms with Gasteiger partial charge < -0.3 is 14.4 Å². The maximum Gasteiger partial charge on any atom is 0.471 e. The van der Waals surface area contributed by atoms with Gasteiger partial charge in [-0.05, 0) is 30.2 Å². The van der Waals surface area contributed by atoms with Gasteiger partial charge in [-0.25, -0.2) is 0 Å². The Balaban J connectivity index is 1.65. The standard InChI is InChI=1S/C33H30F3NO4Si/c1-42(2,3)27-20-26-29(41-32(40-26,22-10-6-4-7-11-22)23-12-8-5-9-13-23)28-25(27)21-37(30(39)33(34,35)36)19-18-31(28)16-14-24(38)15-17-31/h4-17,20H,18-19,21H2,1-3H3. The molecular formula is C33H30F3NO4Si. The molecule has 0 radical (unpaired) electrons. The third kappa shape index (κ3) is 4.56. The molecular weight excluding hydrogens is 559 g/mol. The van der Waals surface area contributed by atoms with Crippen molar-refractivity contribution in [1.29, 1.82) is 0 Å². The molecule has 0 atom stereocenters. The number of allylic oxidation sites excluding steroid dienone is 4. The third-order valence-electron chi connectivity index (χ3n) is 8.20. The van der Waals surface area contributed by atoms with Crippen LogP contribution < -0.4 is 14.7 Å². The molecule has 6 rings (SSSR count). The van der Waals surface area contributed by atoms with Crippen LogP contribution in [0.2, 0.25) is 19.6 Å². The van der Waals surface area contributed by atoms with Gasteiger partial charge in [0.15, 0.2) is 17.3 Å². The molecule has 1 amide bonds. The Morgan fingerprint density at radius 3 is 2.00 bits per heavy atom. The molecule has 0 unspecified atom stereocenters. The molecule has 0 N–H and O–H groups in total. The molecule has 42 heavy (non-hydrogen) atoms. The van der Waals surface area contributed by atoms with E-state index in [0.29, 0.717) is 22.6 Å². The number of alkyl halides is 3. The van der Waals surface area contributed by atoms with Gasteiger partial charge in [0.2, 0.25) is 0 Å². The summed E-state index contributed by atoms with van der Waals surface area (Å²) in [7, 11) is -2.26. The van der Waals surface area contributed by atoms with E-state index in [-0.39, 0.29) is 25.3 Å². The molecule has 9 heteroatoms. The van der Waals surface area contributed by atoms with Crippen LogP contribution in [0.4, 0.5) is 13.2 Å². The van der Waals surface area contributed by atoms with Gasteiger partial charge in [-0.3, -0.25) is 9.59 Å². The number of nitrogens with zero attached hydrogens (tertiary/aromatic N) is 1. The van der Waals surface area contributed by atoms with E-state index in [1.54, 1.807) is 12.2 Å². The topological polar surface area (TPSA) is 55.8 Å². The van der Waals surface area contributed by atoms with Crippen LogP contribution in [0.25, 0.3) is 0 Å². The smallest absolute Gasteiger partial charge is 0.440 e. The van der Waals surface area contributed by atoms with Gasteiger partial charge >= 0.3 is 17.9 Å². The van der Waals surface area contributed by atoms with Crippen molar-refractivity contribution in [2.75, 3.05) is 6.54 Å². The Bertz CT molecular complexity index is 1570. The molecule has 216 valence electrons. The van der Waals surface area contributed by atoms with E-state index in [1.165, 1.54) is 12.2 Å². The van der Waals surface area contributed by atoms with Crippen molar-refractivity contribution in [3.05, 3.63) is 113 Å². The number of carbonyl (C=O) groups excluding carboxylic acids is 2. The summed E-state index contributed by atoms with van der Waals surface area (Å²) in [4.78, 5) is 25.8. The first-order valence-electron chi connectivity index (χ1n) is 13.8. The number of ether oxygens (including phenoxy) is 2. The monoisotopic (exact) mass is 589 g/mol. The van der Waals surface area contributed by atoms with Crippen molar-refractivity contribution in [2.24, 2.45) is 0 Å². The fourth-order valence-electron chi connectivity index (χ4n) is 6.19. The number of hydrogen-bond acceptors (Lipinski definition) is 4. The fourth-order valence-corrected chi connectivity index (χ4v) is 7.87. The van der Waals surface area contributed by atoms with Gasteiger partial charge in [-0.1, -0.05) is 97.6 Å². The molecule has 1 aliphatic carbocycles. The molecule has 0 bridgehead atoms. The zero-order valence-corrected chi connectivity index (χ0v) is 24.5. The average molecular weight is 590 g/mol. The van der Waals surface area contributed by atoms with E-state index in [1.807, 2.05) is 66.7 Å². The first-order valence-corrected chi connectivity index (χ1v) is 17.3. The van der Waals surface area contributed by atoms with Gasteiger partial charge in [-0.15, -0.1) is 0 Å². The lowest BCUT2D eigenvalue weighted by Gasteiger charge is -2.33. The molecule has 2 aliphatic heterocycles. The summed E-state index contributed by atoms with van der Waals surface area (Å²) in [5.74, 6) is -2.57. The quantitative estimate of drug-likeness (QED) is 0.345. The highest BCUT2D eigenvalue weighted by Crippen LogP contribution is 2.55. The lowest BCUT2D eigenvalue weighted by molar-refractivity contribution is -0.186. The molecule has 3 aliphatic rings. The van der Waals surface area contributed by atoms with E-state index in [9.17, 15) is 22.8 Å². The average Bonchev–Trinajstić information content (AvgIpc) is 3.28. The van der Waals surface area contributed by atoms with Crippen LogP contribution in [0.15, 0.2) is 91.0 Å². The van der Waals surface area contributed by atoms with E-state index in [0.717, 1.165) is 21.2 Å². The molecule has 2 heterocycles. The maximum atomic E-state index is 13.8. The predicted molar refractivity (Wildman–Crippen MR) is 155 cm³/mol. The number of hydrogen-bond donors (Lipinski definition) is 0. The highest BCUT2D eigenvalue weighted by molar-refractivity contribution is 6.89.